The molecule has 3 nitrogen and oxygen atoms in total. The Morgan fingerprint density at radius 2 is 2.22 bits per heavy atom. The van der Waals surface area contributed by atoms with Gasteiger partial charge in [-0.1, -0.05) is 41.3 Å². The summed E-state index contributed by atoms with van der Waals surface area (Å²) in [4.78, 5) is 15.6. The molecule has 4 rings (SSSR count). The molecule has 1 N–H and O–H groups in total. The average molecular weight is 275 g/mol. The van der Waals surface area contributed by atoms with Gasteiger partial charge in [-0.2, -0.15) is 0 Å². The molecule has 0 amide bonds. The standard InChI is InChI=1S/C13H9NO2S2/c15-13-14-12-11(18-13)10-7(6-17-12)5-16-9-4-2-1-3-8(9)10/h1-4,6,10H,5H2,(H,14,15). The van der Waals surface area contributed by atoms with Crippen molar-refractivity contribution in [3.63, 3.8) is 0 Å². The molecule has 0 fully saturated rings. The number of para-hydroxylation sites is 1. The quantitative estimate of drug-likeness (QED) is 0.803. The van der Waals surface area contributed by atoms with Crippen LogP contribution in [-0.4, -0.2) is 11.6 Å². The van der Waals surface area contributed by atoms with Crippen molar-refractivity contribution in [1.29, 1.82) is 0 Å². The second-order valence-electron chi connectivity index (χ2n) is 4.28. The van der Waals surface area contributed by atoms with Crippen molar-refractivity contribution >= 4 is 23.1 Å². The third-order valence-electron chi connectivity index (χ3n) is 3.23. The highest BCUT2D eigenvalue weighted by Crippen LogP contribution is 2.48. The minimum absolute atomic E-state index is 0.0196. The predicted molar refractivity (Wildman–Crippen MR) is 72.7 cm³/mol. The molecule has 0 aliphatic carbocycles. The zero-order chi connectivity index (χ0) is 12.1. The van der Waals surface area contributed by atoms with E-state index in [0.717, 1.165) is 21.2 Å². The number of aromatic nitrogens is 1. The maximum Gasteiger partial charge on any atom is 0.305 e. The number of hydrogen-bond acceptors (Lipinski definition) is 4. The molecule has 1 unspecified atom stereocenters. The van der Waals surface area contributed by atoms with E-state index in [2.05, 4.69) is 16.5 Å². The predicted octanol–water partition coefficient (Wildman–Crippen LogP) is 2.95. The lowest BCUT2D eigenvalue weighted by Gasteiger charge is -2.30. The zero-order valence-electron chi connectivity index (χ0n) is 9.30. The Labute approximate surface area is 112 Å². The van der Waals surface area contributed by atoms with E-state index in [1.807, 2.05) is 18.2 Å². The van der Waals surface area contributed by atoms with Gasteiger partial charge in [0.2, 0.25) is 0 Å². The number of ether oxygens (including phenoxy) is 1. The topological polar surface area (TPSA) is 42.1 Å². The van der Waals surface area contributed by atoms with Crippen molar-refractivity contribution < 1.29 is 4.74 Å². The molecule has 5 heteroatoms. The van der Waals surface area contributed by atoms with Crippen molar-refractivity contribution in [2.45, 2.75) is 10.9 Å². The summed E-state index contributed by atoms with van der Waals surface area (Å²) in [5, 5.41) is 3.08. The van der Waals surface area contributed by atoms with Crippen LogP contribution in [0.1, 0.15) is 16.4 Å². The summed E-state index contributed by atoms with van der Waals surface area (Å²) in [6.07, 6.45) is 0. The van der Waals surface area contributed by atoms with Crippen molar-refractivity contribution in [2.24, 2.45) is 0 Å². The highest BCUT2D eigenvalue weighted by molar-refractivity contribution is 8.02. The zero-order valence-corrected chi connectivity index (χ0v) is 10.9. The summed E-state index contributed by atoms with van der Waals surface area (Å²) in [6.45, 7) is 0.611. The number of H-pyrrole nitrogens is 1. The van der Waals surface area contributed by atoms with Gasteiger partial charge in [0.05, 0.1) is 9.90 Å². The number of thioether (sulfide) groups is 1. The Balaban J connectivity index is 1.97. The van der Waals surface area contributed by atoms with E-state index < -0.39 is 0 Å². The lowest BCUT2D eigenvalue weighted by Crippen LogP contribution is -2.19. The van der Waals surface area contributed by atoms with E-state index in [9.17, 15) is 4.79 Å². The van der Waals surface area contributed by atoms with Crippen molar-refractivity contribution in [1.82, 2.24) is 4.98 Å². The lowest BCUT2D eigenvalue weighted by molar-refractivity contribution is 0.325. The van der Waals surface area contributed by atoms with Crippen LogP contribution in [0.4, 0.5) is 0 Å². The molecule has 90 valence electrons. The van der Waals surface area contributed by atoms with Crippen molar-refractivity contribution in [2.75, 3.05) is 6.61 Å². The summed E-state index contributed by atoms with van der Waals surface area (Å²) < 4.78 is 5.75. The van der Waals surface area contributed by atoms with Gasteiger partial charge in [-0.3, -0.25) is 4.79 Å². The van der Waals surface area contributed by atoms with E-state index in [0.29, 0.717) is 6.61 Å². The molecular weight excluding hydrogens is 266 g/mol. The summed E-state index contributed by atoms with van der Waals surface area (Å²) in [6, 6.07) is 8.06. The second kappa shape index (κ2) is 3.76. The molecule has 2 aliphatic rings. The molecule has 0 saturated carbocycles. The number of thiazole rings is 1. The first-order chi connectivity index (χ1) is 8.83. The van der Waals surface area contributed by atoms with Gasteiger partial charge in [0, 0.05) is 11.5 Å². The van der Waals surface area contributed by atoms with E-state index in [1.54, 1.807) is 11.8 Å². The van der Waals surface area contributed by atoms with E-state index in [4.69, 9.17) is 4.74 Å². The summed E-state index contributed by atoms with van der Waals surface area (Å²) >= 11 is 2.89. The Bertz CT molecular complexity index is 714. The van der Waals surface area contributed by atoms with Crippen molar-refractivity contribution in [3.8, 4) is 5.75 Å². The molecule has 0 spiro atoms. The molecule has 0 bridgehead atoms. The lowest BCUT2D eigenvalue weighted by atomic mass is 9.88. The fourth-order valence-corrected chi connectivity index (χ4v) is 4.53. The second-order valence-corrected chi connectivity index (χ2v) is 6.17. The number of nitrogens with one attached hydrogen (secondary N) is 1. The van der Waals surface area contributed by atoms with Crippen LogP contribution >= 0.6 is 23.1 Å². The number of hydrogen-bond donors (Lipinski definition) is 1. The Kier molecular flexibility index (Phi) is 2.19. The Morgan fingerprint density at radius 3 is 3.17 bits per heavy atom. The van der Waals surface area contributed by atoms with Crippen molar-refractivity contribution in [3.05, 3.63) is 55.4 Å². The molecule has 18 heavy (non-hydrogen) atoms. The van der Waals surface area contributed by atoms with Gasteiger partial charge >= 0.3 is 4.87 Å². The molecule has 2 aromatic rings. The van der Waals surface area contributed by atoms with Crippen LogP contribution in [0.15, 0.2) is 45.1 Å². The van der Waals surface area contributed by atoms with E-state index in [1.165, 1.54) is 16.9 Å². The van der Waals surface area contributed by atoms with Crippen LogP contribution in [-0.2, 0) is 0 Å². The van der Waals surface area contributed by atoms with E-state index >= 15 is 0 Å². The van der Waals surface area contributed by atoms with Crippen LogP contribution < -0.4 is 9.61 Å². The van der Waals surface area contributed by atoms with E-state index in [-0.39, 0.29) is 10.8 Å². The first-order valence-electron chi connectivity index (χ1n) is 5.63. The third-order valence-corrected chi connectivity index (χ3v) is 5.28. The fraction of sp³-hybridized carbons (Fsp3) is 0.154. The minimum atomic E-state index is 0.0196. The summed E-state index contributed by atoms with van der Waals surface area (Å²) in [5.74, 6) is 1.12. The number of aromatic amines is 1. The first-order valence-corrected chi connectivity index (χ1v) is 7.33. The van der Waals surface area contributed by atoms with Gasteiger partial charge in [0.25, 0.3) is 0 Å². The Morgan fingerprint density at radius 1 is 1.33 bits per heavy atom. The SMILES string of the molecule is O=c1[nH]c2c(s1)C1C(=CS2)COc2ccccc21. The van der Waals surface area contributed by atoms with Gasteiger partial charge in [0.1, 0.15) is 12.4 Å². The molecule has 1 atom stereocenters. The highest BCUT2D eigenvalue weighted by Gasteiger charge is 2.33. The van der Waals surface area contributed by atoms with Crippen LogP contribution in [0.3, 0.4) is 0 Å². The molecule has 0 radical (unpaired) electrons. The number of rotatable bonds is 0. The highest BCUT2D eigenvalue weighted by atomic mass is 32.2. The summed E-state index contributed by atoms with van der Waals surface area (Å²) in [7, 11) is 0. The first kappa shape index (κ1) is 10.5. The molecule has 2 aliphatic heterocycles. The normalized spacial score (nSPS) is 20.2. The van der Waals surface area contributed by atoms with Gasteiger partial charge in [-0.05, 0) is 17.0 Å². The van der Waals surface area contributed by atoms with Gasteiger partial charge in [-0.15, -0.1) is 0 Å². The molecule has 1 aromatic carbocycles. The molecule has 1 aromatic heterocycles. The van der Waals surface area contributed by atoms with Crippen LogP contribution in [0.2, 0.25) is 0 Å². The van der Waals surface area contributed by atoms with Gasteiger partial charge in [0.15, 0.2) is 0 Å². The summed E-state index contributed by atoms with van der Waals surface area (Å²) in [5.41, 5.74) is 2.40. The minimum Gasteiger partial charge on any atom is -0.489 e. The molecule has 0 saturated heterocycles. The van der Waals surface area contributed by atoms with Gasteiger partial charge in [-0.25, -0.2) is 0 Å². The smallest absolute Gasteiger partial charge is 0.305 e. The maximum atomic E-state index is 11.5. The van der Waals surface area contributed by atoms with Crippen LogP contribution in [0, 0.1) is 0 Å². The maximum absolute atomic E-state index is 11.5. The van der Waals surface area contributed by atoms with Crippen LogP contribution in [0.5, 0.6) is 5.75 Å². The molecule has 3 heterocycles. The monoisotopic (exact) mass is 275 g/mol. The van der Waals surface area contributed by atoms with Gasteiger partial charge < -0.3 is 9.72 Å². The Hall–Kier alpha value is -1.46. The van der Waals surface area contributed by atoms with Crippen LogP contribution in [0.25, 0.3) is 0 Å². The number of fused-ring (bicyclic) bond motifs is 5. The largest absolute Gasteiger partial charge is 0.489 e. The fourth-order valence-electron chi connectivity index (χ4n) is 2.44. The third kappa shape index (κ3) is 1.41. The average Bonchev–Trinajstić information content (AvgIpc) is 2.78. The molecular formula is C13H9NO2S2. The number of benzene rings is 1.